The topological polar surface area (TPSA) is 84.0 Å². The summed E-state index contributed by atoms with van der Waals surface area (Å²) in [5.41, 5.74) is 3.79. The third-order valence-corrected chi connectivity index (χ3v) is 4.04. The van der Waals surface area contributed by atoms with Crippen LogP contribution in [0, 0.1) is 5.82 Å². The Balaban J connectivity index is 2.05. The second kappa shape index (κ2) is 11.9. The molecule has 0 bridgehead atoms. The SMILES string of the molecule is CCNC(=S)NN=Cc1cc(Cl)c(OCC(=O)Nc2ccc(F)cc2)c(OCC)c1. The summed E-state index contributed by atoms with van der Waals surface area (Å²) in [7, 11) is 0. The number of anilines is 1. The van der Waals surface area contributed by atoms with Gasteiger partial charge in [-0.25, -0.2) is 4.39 Å². The standard InChI is InChI=1S/C20H22ClFN4O3S/c1-3-23-20(30)26-24-11-13-9-16(21)19(17(10-13)28-4-2)29-12-18(27)25-15-7-5-14(22)6-8-15/h5-11H,3-4,12H2,1-2H3,(H,25,27)(H2,23,26,30). The third-order valence-electron chi connectivity index (χ3n) is 3.52. The van der Waals surface area contributed by atoms with E-state index in [0.29, 0.717) is 35.3 Å². The summed E-state index contributed by atoms with van der Waals surface area (Å²) in [5, 5.41) is 10.2. The van der Waals surface area contributed by atoms with Crippen molar-refractivity contribution in [3.63, 3.8) is 0 Å². The van der Waals surface area contributed by atoms with Gasteiger partial charge in [0.15, 0.2) is 23.2 Å². The van der Waals surface area contributed by atoms with Crippen molar-refractivity contribution in [2.24, 2.45) is 5.10 Å². The Morgan fingerprint density at radius 2 is 1.97 bits per heavy atom. The summed E-state index contributed by atoms with van der Waals surface area (Å²) >= 11 is 11.4. The van der Waals surface area contributed by atoms with Crippen molar-refractivity contribution in [3.05, 3.63) is 52.8 Å². The van der Waals surface area contributed by atoms with Gasteiger partial charge in [-0.2, -0.15) is 5.10 Å². The number of ether oxygens (including phenoxy) is 2. The zero-order chi connectivity index (χ0) is 21.9. The quantitative estimate of drug-likeness (QED) is 0.305. The normalized spacial score (nSPS) is 10.5. The molecule has 0 heterocycles. The van der Waals surface area contributed by atoms with Gasteiger partial charge in [-0.05, 0) is 68.0 Å². The van der Waals surface area contributed by atoms with E-state index in [2.05, 4.69) is 21.2 Å². The molecule has 0 fully saturated rings. The zero-order valence-corrected chi connectivity index (χ0v) is 18.1. The van der Waals surface area contributed by atoms with Crippen LogP contribution in [0.2, 0.25) is 5.02 Å². The van der Waals surface area contributed by atoms with Crippen molar-refractivity contribution in [2.45, 2.75) is 13.8 Å². The number of carbonyl (C=O) groups excluding carboxylic acids is 1. The highest BCUT2D eigenvalue weighted by Crippen LogP contribution is 2.36. The molecule has 0 saturated heterocycles. The summed E-state index contributed by atoms with van der Waals surface area (Å²) in [6.07, 6.45) is 1.53. The van der Waals surface area contributed by atoms with Crippen LogP contribution in [0.25, 0.3) is 0 Å². The molecule has 7 nitrogen and oxygen atoms in total. The van der Waals surface area contributed by atoms with E-state index in [0.717, 1.165) is 0 Å². The molecule has 0 saturated carbocycles. The molecule has 0 spiro atoms. The van der Waals surface area contributed by atoms with Gasteiger partial charge >= 0.3 is 0 Å². The molecule has 160 valence electrons. The van der Waals surface area contributed by atoms with Crippen LogP contribution in [0.15, 0.2) is 41.5 Å². The predicted molar refractivity (Wildman–Crippen MR) is 120 cm³/mol. The van der Waals surface area contributed by atoms with Crippen LogP contribution in [0.5, 0.6) is 11.5 Å². The van der Waals surface area contributed by atoms with Crippen molar-refractivity contribution in [3.8, 4) is 11.5 Å². The van der Waals surface area contributed by atoms with E-state index in [1.807, 2.05) is 13.8 Å². The van der Waals surface area contributed by atoms with Gasteiger partial charge in [0.2, 0.25) is 0 Å². The molecule has 0 aliphatic rings. The first-order valence-electron chi connectivity index (χ1n) is 9.14. The maximum absolute atomic E-state index is 13.0. The predicted octanol–water partition coefficient (Wildman–Crippen LogP) is 3.71. The number of hydrogen-bond donors (Lipinski definition) is 3. The van der Waals surface area contributed by atoms with E-state index < -0.39 is 5.91 Å². The van der Waals surface area contributed by atoms with Gasteiger partial charge in [-0.15, -0.1) is 0 Å². The number of halogens is 2. The monoisotopic (exact) mass is 452 g/mol. The smallest absolute Gasteiger partial charge is 0.262 e. The lowest BCUT2D eigenvalue weighted by Crippen LogP contribution is -2.31. The number of rotatable bonds is 9. The Labute approximate surface area is 184 Å². The molecule has 2 rings (SSSR count). The minimum atomic E-state index is -0.424. The Hall–Kier alpha value is -2.91. The molecule has 0 aliphatic carbocycles. The Morgan fingerprint density at radius 3 is 2.63 bits per heavy atom. The van der Waals surface area contributed by atoms with E-state index in [9.17, 15) is 9.18 Å². The lowest BCUT2D eigenvalue weighted by molar-refractivity contribution is -0.118. The van der Waals surface area contributed by atoms with Gasteiger partial charge < -0.3 is 20.1 Å². The summed E-state index contributed by atoms with van der Waals surface area (Å²) < 4.78 is 24.1. The number of nitrogens with one attached hydrogen (secondary N) is 3. The maximum Gasteiger partial charge on any atom is 0.262 e. The fraction of sp³-hybridized carbons (Fsp3) is 0.250. The second-order valence-electron chi connectivity index (χ2n) is 5.84. The Kier molecular flexibility index (Phi) is 9.30. The highest BCUT2D eigenvalue weighted by Gasteiger charge is 2.14. The van der Waals surface area contributed by atoms with Crippen molar-refractivity contribution in [2.75, 3.05) is 25.1 Å². The zero-order valence-electron chi connectivity index (χ0n) is 16.5. The summed E-state index contributed by atoms with van der Waals surface area (Å²) in [6, 6.07) is 8.72. The minimum Gasteiger partial charge on any atom is -0.490 e. The van der Waals surface area contributed by atoms with Crippen LogP contribution in [0.4, 0.5) is 10.1 Å². The largest absolute Gasteiger partial charge is 0.490 e. The number of benzene rings is 2. The molecule has 10 heteroatoms. The number of carbonyl (C=O) groups is 1. The molecule has 30 heavy (non-hydrogen) atoms. The van der Waals surface area contributed by atoms with E-state index >= 15 is 0 Å². The van der Waals surface area contributed by atoms with Crippen LogP contribution in [0.3, 0.4) is 0 Å². The Morgan fingerprint density at radius 1 is 1.23 bits per heavy atom. The highest BCUT2D eigenvalue weighted by atomic mass is 35.5. The molecule has 0 radical (unpaired) electrons. The van der Waals surface area contributed by atoms with Crippen molar-refractivity contribution < 1.29 is 18.7 Å². The Bertz CT molecular complexity index is 910. The van der Waals surface area contributed by atoms with Gasteiger partial charge in [-0.1, -0.05) is 11.6 Å². The fourth-order valence-electron chi connectivity index (χ4n) is 2.30. The van der Waals surface area contributed by atoms with Crippen LogP contribution in [-0.2, 0) is 4.79 Å². The lowest BCUT2D eigenvalue weighted by atomic mass is 10.2. The van der Waals surface area contributed by atoms with Gasteiger partial charge in [0.25, 0.3) is 5.91 Å². The molecule has 0 aliphatic heterocycles. The number of thiocarbonyl (C=S) groups is 1. The van der Waals surface area contributed by atoms with Gasteiger partial charge in [0.05, 0.1) is 17.8 Å². The van der Waals surface area contributed by atoms with Crippen molar-refractivity contribution in [1.29, 1.82) is 0 Å². The highest BCUT2D eigenvalue weighted by molar-refractivity contribution is 7.80. The molecule has 2 aromatic rings. The first-order chi connectivity index (χ1) is 14.4. The van der Waals surface area contributed by atoms with Crippen LogP contribution >= 0.6 is 23.8 Å². The van der Waals surface area contributed by atoms with Crippen LogP contribution < -0.4 is 25.5 Å². The summed E-state index contributed by atoms with van der Waals surface area (Å²) in [6.45, 7) is 4.49. The van der Waals surface area contributed by atoms with Gasteiger partial charge in [-0.3, -0.25) is 10.2 Å². The summed E-state index contributed by atoms with van der Waals surface area (Å²) in [4.78, 5) is 12.1. The molecule has 3 N–H and O–H groups in total. The number of hydrazone groups is 1. The average Bonchev–Trinajstić information content (AvgIpc) is 2.69. The number of nitrogens with zero attached hydrogens (tertiary/aromatic N) is 1. The third kappa shape index (κ3) is 7.49. The maximum atomic E-state index is 13.0. The number of amides is 1. The van der Waals surface area contributed by atoms with Gasteiger partial charge in [0, 0.05) is 12.2 Å². The minimum absolute atomic E-state index is 0.237. The van der Waals surface area contributed by atoms with Crippen molar-refractivity contribution >= 4 is 46.7 Å². The molecule has 2 aromatic carbocycles. The molecule has 0 atom stereocenters. The number of hydrogen-bond acceptors (Lipinski definition) is 5. The molecule has 0 unspecified atom stereocenters. The molecule has 0 aromatic heterocycles. The second-order valence-corrected chi connectivity index (χ2v) is 6.65. The average molecular weight is 453 g/mol. The van der Waals surface area contributed by atoms with E-state index in [-0.39, 0.29) is 23.2 Å². The molecular weight excluding hydrogens is 431 g/mol. The lowest BCUT2D eigenvalue weighted by Gasteiger charge is -2.14. The summed E-state index contributed by atoms with van der Waals surface area (Å²) in [5.74, 6) is -0.206. The molecule has 1 amide bonds. The van der Waals surface area contributed by atoms with Gasteiger partial charge in [0.1, 0.15) is 5.82 Å². The molecular formula is C20H22ClFN4O3S. The first kappa shape index (κ1) is 23.4. The van der Waals surface area contributed by atoms with Crippen molar-refractivity contribution in [1.82, 2.24) is 10.7 Å². The van der Waals surface area contributed by atoms with E-state index in [1.54, 1.807) is 12.1 Å². The van der Waals surface area contributed by atoms with Crippen LogP contribution in [-0.4, -0.2) is 37.0 Å². The first-order valence-corrected chi connectivity index (χ1v) is 9.93. The van der Waals surface area contributed by atoms with E-state index in [4.69, 9.17) is 33.3 Å². The fourth-order valence-corrected chi connectivity index (χ4v) is 2.77. The van der Waals surface area contributed by atoms with E-state index in [1.165, 1.54) is 30.5 Å². The van der Waals surface area contributed by atoms with Crippen LogP contribution in [0.1, 0.15) is 19.4 Å².